The van der Waals surface area contributed by atoms with Gasteiger partial charge in [-0.1, -0.05) is 6.42 Å². The van der Waals surface area contributed by atoms with Crippen LogP contribution in [0.5, 0.6) is 0 Å². The Bertz CT molecular complexity index is 675. The molecule has 0 bridgehead atoms. The normalized spacial score (nSPS) is 19.6. The van der Waals surface area contributed by atoms with Crippen LogP contribution in [-0.4, -0.2) is 30.2 Å². The standard InChI is InChI=1S/C17H23N5O2/c1-2-24-14(23)12-6-8-13(9-7-12)22-16(19)20-15(18)21-17(22)10-4-3-5-11-17/h6-9H,2-5,10-11H2,1H3,(H4,18,19,20,21). The van der Waals surface area contributed by atoms with E-state index >= 15 is 0 Å². The van der Waals surface area contributed by atoms with Crippen molar-refractivity contribution in [2.45, 2.75) is 44.7 Å². The minimum atomic E-state index is -0.473. The van der Waals surface area contributed by atoms with Crippen LogP contribution in [0.1, 0.15) is 49.4 Å². The Kier molecular flexibility index (Phi) is 4.42. The number of nitrogens with two attached hydrogens (primary N) is 2. The van der Waals surface area contributed by atoms with Crippen molar-refractivity contribution < 1.29 is 9.53 Å². The fourth-order valence-electron chi connectivity index (χ4n) is 3.46. The molecular formula is C17H23N5O2. The van der Waals surface area contributed by atoms with Crippen LogP contribution in [0.3, 0.4) is 0 Å². The number of nitrogens with zero attached hydrogens (tertiary/aromatic N) is 3. The highest BCUT2D eigenvalue weighted by Gasteiger charge is 2.42. The van der Waals surface area contributed by atoms with E-state index in [4.69, 9.17) is 16.2 Å². The van der Waals surface area contributed by atoms with Crippen molar-refractivity contribution in [2.75, 3.05) is 11.5 Å². The number of ether oxygens (including phenoxy) is 1. The maximum atomic E-state index is 11.8. The third kappa shape index (κ3) is 2.93. The van der Waals surface area contributed by atoms with Gasteiger partial charge in [-0.05, 0) is 56.9 Å². The van der Waals surface area contributed by atoms with Gasteiger partial charge in [-0.25, -0.2) is 9.79 Å². The molecule has 1 fully saturated rings. The van der Waals surface area contributed by atoms with E-state index in [0.29, 0.717) is 18.1 Å². The van der Waals surface area contributed by atoms with Crippen molar-refractivity contribution in [3.8, 4) is 0 Å². The zero-order valence-electron chi connectivity index (χ0n) is 13.9. The molecule has 128 valence electrons. The lowest BCUT2D eigenvalue weighted by Gasteiger charge is -2.45. The molecule has 0 amide bonds. The van der Waals surface area contributed by atoms with Gasteiger partial charge in [0.25, 0.3) is 0 Å². The second kappa shape index (κ2) is 6.51. The van der Waals surface area contributed by atoms with Crippen molar-refractivity contribution in [3.63, 3.8) is 0 Å². The van der Waals surface area contributed by atoms with Gasteiger partial charge in [0, 0.05) is 5.69 Å². The van der Waals surface area contributed by atoms with Crippen LogP contribution in [0.15, 0.2) is 34.3 Å². The van der Waals surface area contributed by atoms with E-state index in [1.54, 1.807) is 19.1 Å². The number of benzene rings is 1. The highest BCUT2D eigenvalue weighted by atomic mass is 16.5. The third-order valence-electron chi connectivity index (χ3n) is 4.49. The zero-order chi connectivity index (χ0) is 17.2. The summed E-state index contributed by atoms with van der Waals surface area (Å²) in [6.07, 6.45) is 5.08. The number of carbonyl (C=O) groups is 1. The molecule has 24 heavy (non-hydrogen) atoms. The molecule has 2 aliphatic rings. The number of rotatable bonds is 3. The van der Waals surface area contributed by atoms with E-state index in [1.165, 1.54) is 6.42 Å². The quantitative estimate of drug-likeness (QED) is 0.825. The minimum absolute atomic E-state index is 0.230. The maximum Gasteiger partial charge on any atom is 0.338 e. The fourth-order valence-corrected chi connectivity index (χ4v) is 3.46. The molecule has 3 rings (SSSR count). The summed E-state index contributed by atoms with van der Waals surface area (Å²) in [5.41, 5.74) is 12.9. The topological polar surface area (TPSA) is 106 Å². The largest absolute Gasteiger partial charge is 0.462 e. The maximum absolute atomic E-state index is 11.8. The van der Waals surface area contributed by atoms with Crippen LogP contribution in [0.4, 0.5) is 5.69 Å². The Hall–Kier alpha value is -2.57. The molecule has 1 saturated carbocycles. The lowest BCUT2D eigenvalue weighted by Crippen LogP contribution is -2.58. The van der Waals surface area contributed by atoms with Crippen LogP contribution in [-0.2, 0) is 4.74 Å². The van der Waals surface area contributed by atoms with Gasteiger partial charge in [0.15, 0.2) is 0 Å². The second-order valence-electron chi connectivity index (χ2n) is 6.09. The van der Waals surface area contributed by atoms with Crippen LogP contribution >= 0.6 is 0 Å². The predicted molar refractivity (Wildman–Crippen MR) is 93.9 cm³/mol. The summed E-state index contributed by atoms with van der Waals surface area (Å²) in [6, 6.07) is 7.17. The van der Waals surface area contributed by atoms with Crippen LogP contribution < -0.4 is 16.4 Å². The van der Waals surface area contributed by atoms with Crippen molar-refractivity contribution in [1.82, 2.24) is 0 Å². The van der Waals surface area contributed by atoms with Crippen molar-refractivity contribution >= 4 is 23.6 Å². The fraction of sp³-hybridized carbons (Fsp3) is 0.471. The second-order valence-corrected chi connectivity index (χ2v) is 6.09. The Morgan fingerprint density at radius 1 is 1.21 bits per heavy atom. The number of hydrogen-bond donors (Lipinski definition) is 2. The number of esters is 1. The average molecular weight is 329 g/mol. The number of hydrogen-bond acceptors (Lipinski definition) is 7. The molecule has 1 spiro atoms. The molecule has 1 aliphatic carbocycles. The molecule has 7 heteroatoms. The molecular weight excluding hydrogens is 306 g/mol. The summed E-state index contributed by atoms with van der Waals surface area (Å²) in [5, 5.41) is 0. The Morgan fingerprint density at radius 2 is 1.88 bits per heavy atom. The Labute approximate surface area is 141 Å². The SMILES string of the molecule is CCOC(=O)c1ccc(N2C(N)=NC(N)=NC23CCCCC3)cc1. The molecule has 1 heterocycles. The molecule has 1 aromatic rings. The molecule has 0 saturated heterocycles. The lowest BCUT2D eigenvalue weighted by molar-refractivity contribution is 0.0526. The van der Waals surface area contributed by atoms with Crippen LogP contribution in [0.2, 0.25) is 0 Å². The number of aliphatic imine (C=N–C) groups is 2. The summed E-state index contributed by atoms with van der Waals surface area (Å²) in [5.74, 6) is 0.237. The average Bonchev–Trinajstić information content (AvgIpc) is 2.55. The number of carbonyl (C=O) groups excluding carboxylic acids is 1. The van der Waals surface area contributed by atoms with E-state index in [2.05, 4.69) is 9.98 Å². The van der Waals surface area contributed by atoms with E-state index in [1.807, 2.05) is 17.0 Å². The molecule has 1 aromatic carbocycles. The first-order chi connectivity index (χ1) is 11.6. The first-order valence-electron chi connectivity index (χ1n) is 8.33. The van der Waals surface area contributed by atoms with Gasteiger partial charge in [-0.2, -0.15) is 4.99 Å². The molecule has 0 aromatic heterocycles. The molecule has 0 atom stereocenters. The zero-order valence-corrected chi connectivity index (χ0v) is 13.9. The smallest absolute Gasteiger partial charge is 0.338 e. The van der Waals surface area contributed by atoms with Crippen molar-refractivity contribution in [2.24, 2.45) is 21.5 Å². The van der Waals surface area contributed by atoms with Gasteiger partial charge >= 0.3 is 5.97 Å². The van der Waals surface area contributed by atoms with Crippen LogP contribution in [0.25, 0.3) is 0 Å². The molecule has 7 nitrogen and oxygen atoms in total. The summed E-state index contributed by atoms with van der Waals surface area (Å²) in [4.78, 5) is 22.5. The predicted octanol–water partition coefficient (Wildman–Crippen LogP) is 1.97. The lowest BCUT2D eigenvalue weighted by atomic mass is 9.87. The van der Waals surface area contributed by atoms with Gasteiger partial charge in [0.05, 0.1) is 12.2 Å². The summed E-state index contributed by atoms with van der Waals surface area (Å²) in [6.45, 7) is 2.13. The van der Waals surface area contributed by atoms with E-state index in [9.17, 15) is 4.79 Å². The highest BCUT2D eigenvalue weighted by molar-refractivity contribution is 6.05. The van der Waals surface area contributed by atoms with Gasteiger partial charge in [-0.3, -0.25) is 4.90 Å². The van der Waals surface area contributed by atoms with Crippen LogP contribution in [0, 0.1) is 0 Å². The van der Waals surface area contributed by atoms with Gasteiger partial charge in [-0.15, -0.1) is 0 Å². The molecule has 0 unspecified atom stereocenters. The Morgan fingerprint density at radius 3 is 2.50 bits per heavy atom. The van der Waals surface area contributed by atoms with Gasteiger partial charge in [0.2, 0.25) is 11.9 Å². The molecule has 4 N–H and O–H groups in total. The van der Waals surface area contributed by atoms with Crippen molar-refractivity contribution in [1.29, 1.82) is 0 Å². The number of anilines is 1. The summed E-state index contributed by atoms with van der Waals surface area (Å²) < 4.78 is 5.02. The summed E-state index contributed by atoms with van der Waals surface area (Å²) >= 11 is 0. The van der Waals surface area contributed by atoms with Crippen molar-refractivity contribution in [3.05, 3.63) is 29.8 Å². The summed E-state index contributed by atoms with van der Waals surface area (Å²) in [7, 11) is 0. The number of guanidine groups is 2. The van der Waals surface area contributed by atoms with Gasteiger partial charge < -0.3 is 16.2 Å². The van der Waals surface area contributed by atoms with E-state index in [0.717, 1.165) is 31.4 Å². The Balaban J connectivity index is 1.93. The molecule has 1 aliphatic heterocycles. The highest BCUT2D eigenvalue weighted by Crippen LogP contribution is 2.39. The minimum Gasteiger partial charge on any atom is -0.462 e. The monoisotopic (exact) mass is 329 g/mol. The first kappa shape index (κ1) is 16.3. The van der Waals surface area contributed by atoms with E-state index < -0.39 is 5.66 Å². The first-order valence-corrected chi connectivity index (χ1v) is 8.33. The molecule has 0 radical (unpaired) electrons. The van der Waals surface area contributed by atoms with E-state index in [-0.39, 0.29) is 11.9 Å². The third-order valence-corrected chi connectivity index (χ3v) is 4.49. The van der Waals surface area contributed by atoms with Gasteiger partial charge in [0.1, 0.15) is 5.66 Å².